The van der Waals surface area contributed by atoms with Crippen molar-refractivity contribution < 1.29 is 14.7 Å². The van der Waals surface area contributed by atoms with Crippen LogP contribution in [0.15, 0.2) is 0 Å². The summed E-state index contributed by atoms with van der Waals surface area (Å²) in [6.07, 6.45) is 0.457. The maximum Gasteiger partial charge on any atom is 0.340 e. The van der Waals surface area contributed by atoms with E-state index in [2.05, 4.69) is 9.69 Å². The van der Waals surface area contributed by atoms with E-state index in [1.165, 1.54) is 0 Å². The number of rotatable bonds is 4. The second kappa shape index (κ2) is 4.80. The number of aromatic nitrogens is 1. The van der Waals surface area contributed by atoms with Gasteiger partial charge >= 0.3 is 5.97 Å². The van der Waals surface area contributed by atoms with Crippen LogP contribution in [-0.4, -0.2) is 26.9 Å². The molecule has 1 amide bonds. The van der Waals surface area contributed by atoms with Gasteiger partial charge in [-0.25, -0.2) is 4.79 Å². The third kappa shape index (κ3) is 2.80. The molecule has 0 radical (unpaired) electrons. The monoisotopic (exact) mass is 257 g/mol. The van der Waals surface area contributed by atoms with Crippen molar-refractivity contribution in [2.75, 3.05) is 5.32 Å². The van der Waals surface area contributed by atoms with Gasteiger partial charge in [-0.2, -0.15) is 4.37 Å². The van der Waals surface area contributed by atoms with Crippen molar-refractivity contribution in [3.63, 3.8) is 0 Å². The van der Waals surface area contributed by atoms with Crippen LogP contribution in [0.4, 0.5) is 5.00 Å². The number of hydrogen-bond donors (Lipinski definition) is 3. The average Bonchev–Trinajstić information content (AvgIpc) is 2.59. The number of anilines is 1. The van der Waals surface area contributed by atoms with E-state index in [9.17, 15) is 9.59 Å². The lowest BCUT2D eigenvalue weighted by Gasteiger charge is -2.20. The zero-order valence-corrected chi connectivity index (χ0v) is 10.7. The second-order valence-electron chi connectivity index (χ2n) is 4.00. The van der Waals surface area contributed by atoms with Gasteiger partial charge in [0, 0.05) is 0 Å². The first-order chi connectivity index (χ1) is 7.79. The Balaban J connectivity index is 2.97. The highest BCUT2D eigenvalue weighted by molar-refractivity contribution is 7.11. The Kier molecular flexibility index (Phi) is 3.84. The Hall–Kier alpha value is -1.47. The Bertz CT molecular complexity index is 454. The van der Waals surface area contributed by atoms with E-state index in [1.54, 1.807) is 20.8 Å². The molecule has 1 aromatic rings. The molecular formula is C10H15N3O3S. The quantitative estimate of drug-likeness (QED) is 0.752. The predicted molar refractivity (Wildman–Crippen MR) is 65.3 cm³/mol. The maximum absolute atomic E-state index is 11.8. The van der Waals surface area contributed by atoms with Gasteiger partial charge in [-0.3, -0.25) is 4.79 Å². The van der Waals surface area contributed by atoms with E-state index in [-0.39, 0.29) is 10.6 Å². The van der Waals surface area contributed by atoms with Gasteiger partial charge in [0.05, 0.1) is 11.2 Å². The van der Waals surface area contributed by atoms with Gasteiger partial charge in [0.2, 0.25) is 5.91 Å². The summed E-state index contributed by atoms with van der Waals surface area (Å²) in [5.41, 5.74) is 5.15. The van der Waals surface area contributed by atoms with Gasteiger partial charge < -0.3 is 16.2 Å². The summed E-state index contributed by atoms with van der Waals surface area (Å²) >= 11 is 0.941. The minimum absolute atomic E-state index is 0.0234. The molecule has 0 aliphatic rings. The molecule has 0 aromatic carbocycles. The Morgan fingerprint density at radius 3 is 2.65 bits per heavy atom. The lowest BCUT2D eigenvalue weighted by molar-refractivity contribution is -0.120. The third-order valence-corrected chi connectivity index (χ3v) is 3.41. The summed E-state index contributed by atoms with van der Waals surface area (Å²) in [5, 5.41) is 11.7. The zero-order chi connectivity index (χ0) is 13.2. The van der Waals surface area contributed by atoms with Gasteiger partial charge in [-0.15, -0.1) is 0 Å². The molecule has 1 atom stereocenters. The molecule has 4 N–H and O–H groups in total. The molecule has 1 heterocycles. The minimum atomic E-state index is -1.11. The summed E-state index contributed by atoms with van der Waals surface area (Å²) in [6.45, 7) is 4.96. The number of carboxylic acid groups (broad SMARTS) is 1. The number of nitrogens with zero attached hydrogens (tertiary/aromatic N) is 1. The molecular weight excluding hydrogens is 242 g/mol. The first-order valence-corrected chi connectivity index (χ1v) is 5.86. The van der Waals surface area contributed by atoms with Crippen molar-refractivity contribution >= 4 is 28.4 Å². The van der Waals surface area contributed by atoms with Crippen molar-refractivity contribution in [2.45, 2.75) is 32.7 Å². The lowest BCUT2D eigenvalue weighted by Crippen LogP contribution is -2.47. The van der Waals surface area contributed by atoms with E-state index in [0.29, 0.717) is 12.1 Å². The van der Waals surface area contributed by atoms with Crippen LogP contribution in [0.5, 0.6) is 0 Å². The molecule has 7 heteroatoms. The molecule has 0 aliphatic heterocycles. The number of hydrogen-bond acceptors (Lipinski definition) is 5. The fourth-order valence-electron chi connectivity index (χ4n) is 1.11. The fourth-order valence-corrected chi connectivity index (χ4v) is 1.90. The van der Waals surface area contributed by atoms with Crippen molar-refractivity contribution in [1.29, 1.82) is 0 Å². The van der Waals surface area contributed by atoms with Crippen LogP contribution in [-0.2, 0) is 4.79 Å². The van der Waals surface area contributed by atoms with Crippen molar-refractivity contribution in [1.82, 2.24) is 4.37 Å². The van der Waals surface area contributed by atoms with E-state index >= 15 is 0 Å². The number of carboxylic acids is 1. The highest BCUT2D eigenvalue weighted by Crippen LogP contribution is 2.25. The molecule has 0 fully saturated rings. The molecule has 94 valence electrons. The highest BCUT2D eigenvalue weighted by atomic mass is 32.1. The molecule has 0 saturated carbocycles. The van der Waals surface area contributed by atoms with Gasteiger partial charge in [-0.05, 0) is 31.8 Å². The van der Waals surface area contributed by atoms with Gasteiger partial charge in [-0.1, -0.05) is 6.92 Å². The van der Waals surface area contributed by atoms with E-state index < -0.39 is 17.4 Å². The first kappa shape index (κ1) is 13.6. The standard InChI is InChI=1S/C10H15N3O3S/c1-4-10(3,11)9(16)12-7-6(8(14)15)5(2)13-17-7/h4,11H2,1-3H3,(H,12,16)(H,14,15). The molecule has 1 rings (SSSR count). The molecule has 1 unspecified atom stereocenters. The molecule has 17 heavy (non-hydrogen) atoms. The molecule has 0 saturated heterocycles. The Morgan fingerprint density at radius 2 is 2.18 bits per heavy atom. The van der Waals surface area contributed by atoms with Crippen LogP contribution in [0.25, 0.3) is 0 Å². The van der Waals surface area contributed by atoms with Crippen LogP contribution >= 0.6 is 11.5 Å². The normalized spacial score (nSPS) is 14.1. The Morgan fingerprint density at radius 1 is 1.59 bits per heavy atom. The van der Waals surface area contributed by atoms with E-state index in [0.717, 1.165) is 11.5 Å². The van der Waals surface area contributed by atoms with Gasteiger partial charge in [0.15, 0.2) is 0 Å². The van der Waals surface area contributed by atoms with Crippen molar-refractivity contribution in [3.05, 3.63) is 11.3 Å². The number of carbonyl (C=O) groups excluding carboxylic acids is 1. The van der Waals surface area contributed by atoms with Crippen LogP contribution in [0, 0.1) is 6.92 Å². The van der Waals surface area contributed by atoms with Crippen LogP contribution in [0.1, 0.15) is 36.3 Å². The molecule has 0 aliphatic carbocycles. The summed E-state index contributed by atoms with van der Waals surface area (Å²) in [6, 6.07) is 0. The fraction of sp³-hybridized carbons (Fsp3) is 0.500. The van der Waals surface area contributed by atoms with Crippen LogP contribution < -0.4 is 11.1 Å². The number of aryl methyl sites for hydroxylation is 1. The SMILES string of the molecule is CCC(C)(N)C(=O)Nc1snc(C)c1C(=O)O. The molecule has 6 nitrogen and oxygen atoms in total. The highest BCUT2D eigenvalue weighted by Gasteiger charge is 2.28. The minimum Gasteiger partial charge on any atom is -0.478 e. The predicted octanol–water partition coefficient (Wildman–Crippen LogP) is 1.22. The van der Waals surface area contributed by atoms with Crippen molar-refractivity contribution in [2.24, 2.45) is 5.73 Å². The number of amides is 1. The summed E-state index contributed by atoms with van der Waals surface area (Å²) in [7, 11) is 0. The van der Waals surface area contributed by atoms with Crippen LogP contribution in [0.3, 0.4) is 0 Å². The third-order valence-electron chi connectivity index (χ3n) is 2.56. The Labute approximate surface area is 103 Å². The zero-order valence-electron chi connectivity index (χ0n) is 9.90. The number of nitrogens with one attached hydrogen (secondary N) is 1. The van der Waals surface area contributed by atoms with E-state index in [1.807, 2.05) is 0 Å². The summed E-state index contributed by atoms with van der Waals surface area (Å²) < 4.78 is 3.90. The number of nitrogens with two attached hydrogens (primary N) is 1. The average molecular weight is 257 g/mol. The number of carbonyl (C=O) groups is 2. The van der Waals surface area contributed by atoms with Crippen LogP contribution in [0.2, 0.25) is 0 Å². The smallest absolute Gasteiger partial charge is 0.340 e. The molecule has 0 bridgehead atoms. The van der Waals surface area contributed by atoms with Crippen molar-refractivity contribution in [3.8, 4) is 0 Å². The topological polar surface area (TPSA) is 105 Å². The molecule has 1 aromatic heterocycles. The summed E-state index contributed by atoms with van der Waals surface area (Å²) in [5.74, 6) is -1.52. The van der Waals surface area contributed by atoms with Gasteiger partial charge in [0.25, 0.3) is 0 Å². The summed E-state index contributed by atoms with van der Waals surface area (Å²) in [4.78, 5) is 22.8. The maximum atomic E-state index is 11.8. The molecule has 0 spiro atoms. The van der Waals surface area contributed by atoms with Gasteiger partial charge in [0.1, 0.15) is 10.6 Å². The lowest BCUT2D eigenvalue weighted by atomic mass is 9.99. The second-order valence-corrected chi connectivity index (χ2v) is 4.78. The van der Waals surface area contributed by atoms with E-state index in [4.69, 9.17) is 10.8 Å². The largest absolute Gasteiger partial charge is 0.478 e. The number of aromatic carboxylic acids is 1. The first-order valence-electron chi connectivity index (χ1n) is 5.09.